The maximum absolute atomic E-state index is 3.73. The van der Waals surface area contributed by atoms with Gasteiger partial charge in [-0.15, -0.1) is 18.3 Å². The highest BCUT2D eigenvalue weighted by atomic mass is 32.2. The van der Waals surface area contributed by atoms with E-state index < -0.39 is 0 Å². The van der Waals surface area contributed by atoms with Crippen molar-refractivity contribution in [2.45, 2.75) is 24.3 Å². The second-order valence-electron chi connectivity index (χ2n) is 3.46. The second kappa shape index (κ2) is 7.55. The van der Waals surface area contributed by atoms with Crippen LogP contribution < -0.4 is 5.32 Å². The van der Waals surface area contributed by atoms with Gasteiger partial charge in [0.15, 0.2) is 0 Å². The summed E-state index contributed by atoms with van der Waals surface area (Å²) in [5.41, 5.74) is 1.35. The molecular weight excluding hydrogens is 202 g/mol. The maximum atomic E-state index is 3.73. The van der Waals surface area contributed by atoms with E-state index in [0.29, 0.717) is 0 Å². The van der Waals surface area contributed by atoms with Crippen molar-refractivity contribution < 1.29 is 0 Å². The molecule has 15 heavy (non-hydrogen) atoms. The average Bonchev–Trinajstić information content (AvgIpc) is 2.26. The molecule has 0 aliphatic carbocycles. The van der Waals surface area contributed by atoms with Crippen LogP contribution in [0.3, 0.4) is 0 Å². The van der Waals surface area contributed by atoms with E-state index in [2.05, 4.69) is 36.2 Å². The Morgan fingerprint density at radius 1 is 1.47 bits per heavy atom. The van der Waals surface area contributed by atoms with Gasteiger partial charge in [-0.3, -0.25) is 0 Å². The fourth-order valence-electron chi connectivity index (χ4n) is 1.37. The van der Waals surface area contributed by atoms with E-state index >= 15 is 0 Å². The fraction of sp³-hybridized carbons (Fsp3) is 0.385. The molecule has 1 nitrogen and oxygen atoms in total. The van der Waals surface area contributed by atoms with Gasteiger partial charge in [0.05, 0.1) is 0 Å². The smallest absolute Gasteiger partial charge is 0.0202 e. The van der Waals surface area contributed by atoms with Gasteiger partial charge in [0.25, 0.3) is 0 Å². The molecule has 0 amide bonds. The molecule has 0 aliphatic heterocycles. The summed E-state index contributed by atoms with van der Waals surface area (Å²) >= 11 is 1.92. The van der Waals surface area contributed by atoms with Gasteiger partial charge in [-0.25, -0.2) is 0 Å². The highest BCUT2D eigenvalue weighted by molar-refractivity contribution is 7.99. The third kappa shape index (κ3) is 5.05. The molecule has 1 rings (SSSR count). The normalized spacial score (nSPS) is 10.2. The number of benzene rings is 1. The summed E-state index contributed by atoms with van der Waals surface area (Å²) in [5.74, 6) is 1.18. The number of unbranched alkanes of at least 4 members (excludes halogenated alkanes) is 1. The third-order valence-electron chi connectivity index (χ3n) is 2.10. The van der Waals surface area contributed by atoms with Crippen LogP contribution in [0.1, 0.15) is 18.4 Å². The zero-order valence-electron chi connectivity index (χ0n) is 9.33. The van der Waals surface area contributed by atoms with E-state index in [1.807, 2.05) is 24.9 Å². The van der Waals surface area contributed by atoms with Crippen molar-refractivity contribution in [2.24, 2.45) is 0 Å². The van der Waals surface area contributed by atoms with Crippen molar-refractivity contribution in [3.8, 4) is 0 Å². The van der Waals surface area contributed by atoms with Crippen molar-refractivity contribution in [3.63, 3.8) is 0 Å². The first-order chi connectivity index (χ1) is 7.36. The van der Waals surface area contributed by atoms with Crippen LogP contribution in [0.4, 0.5) is 0 Å². The molecule has 1 aromatic rings. The van der Waals surface area contributed by atoms with Gasteiger partial charge < -0.3 is 5.32 Å². The Kier molecular flexibility index (Phi) is 6.21. The van der Waals surface area contributed by atoms with E-state index in [9.17, 15) is 0 Å². The zero-order valence-corrected chi connectivity index (χ0v) is 10.1. The summed E-state index contributed by atoms with van der Waals surface area (Å²) in [6.07, 6.45) is 4.31. The predicted molar refractivity (Wildman–Crippen MR) is 69.4 cm³/mol. The summed E-state index contributed by atoms with van der Waals surface area (Å²) in [5, 5.41) is 3.17. The Labute approximate surface area is 97.0 Å². The molecule has 0 bridgehead atoms. The van der Waals surface area contributed by atoms with Crippen LogP contribution in [-0.4, -0.2) is 12.8 Å². The van der Waals surface area contributed by atoms with E-state index in [4.69, 9.17) is 0 Å². The SMILES string of the molecule is C=CCCCSc1cccc(CNC)c1. The van der Waals surface area contributed by atoms with E-state index in [1.165, 1.54) is 22.6 Å². The Hall–Kier alpha value is -0.730. The molecule has 1 aromatic carbocycles. The first kappa shape index (κ1) is 12.3. The van der Waals surface area contributed by atoms with Gasteiger partial charge in [0, 0.05) is 11.4 Å². The molecular formula is C13H19NS. The maximum Gasteiger partial charge on any atom is 0.0202 e. The Morgan fingerprint density at radius 3 is 3.07 bits per heavy atom. The van der Waals surface area contributed by atoms with Crippen molar-refractivity contribution in [1.29, 1.82) is 0 Å². The number of hydrogen-bond donors (Lipinski definition) is 1. The Bertz CT molecular complexity index is 296. The van der Waals surface area contributed by atoms with Gasteiger partial charge in [0.2, 0.25) is 0 Å². The van der Waals surface area contributed by atoms with Crippen LogP contribution >= 0.6 is 11.8 Å². The van der Waals surface area contributed by atoms with Crippen LogP contribution in [-0.2, 0) is 6.54 Å². The van der Waals surface area contributed by atoms with Crippen LogP contribution in [0.15, 0.2) is 41.8 Å². The minimum absolute atomic E-state index is 0.945. The molecule has 0 radical (unpaired) electrons. The lowest BCUT2D eigenvalue weighted by Crippen LogP contribution is -2.04. The molecule has 2 heteroatoms. The molecule has 0 saturated heterocycles. The monoisotopic (exact) mass is 221 g/mol. The van der Waals surface area contributed by atoms with Crippen molar-refractivity contribution in [2.75, 3.05) is 12.8 Å². The molecule has 0 aliphatic rings. The van der Waals surface area contributed by atoms with Crippen molar-refractivity contribution in [1.82, 2.24) is 5.32 Å². The molecule has 1 N–H and O–H groups in total. The van der Waals surface area contributed by atoms with E-state index in [0.717, 1.165) is 13.0 Å². The first-order valence-electron chi connectivity index (χ1n) is 5.34. The van der Waals surface area contributed by atoms with Crippen LogP contribution in [0.5, 0.6) is 0 Å². The minimum atomic E-state index is 0.945. The summed E-state index contributed by atoms with van der Waals surface area (Å²) < 4.78 is 0. The fourth-order valence-corrected chi connectivity index (χ4v) is 2.32. The first-order valence-corrected chi connectivity index (χ1v) is 6.32. The van der Waals surface area contributed by atoms with Crippen molar-refractivity contribution >= 4 is 11.8 Å². The second-order valence-corrected chi connectivity index (χ2v) is 4.63. The van der Waals surface area contributed by atoms with Crippen LogP contribution in [0.2, 0.25) is 0 Å². The Balaban J connectivity index is 2.39. The third-order valence-corrected chi connectivity index (χ3v) is 3.18. The van der Waals surface area contributed by atoms with Gasteiger partial charge >= 0.3 is 0 Å². The largest absolute Gasteiger partial charge is 0.316 e. The number of rotatable bonds is 7. The van der Waals surface area contributed by atoms with E-state index in [1.54, 1.807) is 0 Å². The molecule has 82 valence electrons. The molecule has 0 aromatic heterocycles. The molecule has 0 spiro atoms. The summed E-state index contributed by atoms with van der Waals surface area (Å²) in [6.45, 7) is 4.67. The van der Waals surface area contributed by atoms with Gasteiger partial charge in [-0.1, -0.05) is 18.2 Å². The van der Waals surface area contributed by atoms with Gasteiger partial charge in [-0.05, 0) is 43.3 Å². The highest BCUT2D eigenvalue weighted by Gasteiger charge is 1.95. The quantitative estimate of drug-likeness (QED) is 0.430. The number of allylic oxidation sites excluding steroid dienone is 1. The predicted octanol–water partition coefficient (Wildman–Crippen LogP) is 3.46. The molecule has 0 atom stereocenters. The average molecular weight is 221 g/mol. The lowest BCUT2D eigenvalue weighted by molar-refractivity contribution is 0.815. The lowest BCUT2D eigenvalue weighted by atomic mass is 10.2. The minimum Gasteiger partial charge on any atom is -0.316 e. The Morgan fingerprint density at radius 2 is 2.33 bits per heavy atom. The number of nitrogens with one attached hydrogen (secondary N) is 1. The number of hydrogen-bond acceptors (Lipinski definition) is 2. The van der Waals surface area contributed by atoms with Crippen molar-refractivity contribution in [3.05, 3.63) is 42.5 Å². The standard InChI is InChI=1S/C13H19NS/c1-3-4-5-9-15-13-8-6-7-12(10-13)11-14-2/h3,6-8,10,14H,1,4-5,9,11H2,2H3. The van der Waals surface area contributed by atoms with Crippen LogP contribution in [0, 0.1) is 0 Å². The summed E-state index contributed by atoms with van der Waals surface area (Å²) in [6, 6.07) is 8.72. The molecule has 0 heterocycles. The zero-order chi connectivity index (χ0) is 10.9. The molecule has 0 fully saturated rings. The topological polar surface area (TPSA) is 12.0 Å². The van der Waals surface area contributed by atoms with Gasteiger partial charge in [0.1, 0.15) is 0 Å². The summed E-state index contributed by atoms with van der Waals surface area (Å²) in [7, 11) is 1.98. The lowest BCUT2D eigenvalue weighted by Gasteiger charge is -2.04. The summed E-state index contributed by atoms with van der Waals surface area (Å²) in [4.78, 5) is 1.37. The molecule has 0 saturated carbocycles. The number of thioether (sulfide) groups is 1. The van der Waals surface area contributed by atoms with E-state index in [-0.39, 0.29) is 0 Å². The van der Waals surface area contributed by atoms with Crippen LogP contribution in [0.25, 0.3) is 0 Å². The highest BCUT2D eigenvalue weighted by Crippen LogP contribution is 2.20. The van der Waals surface area contributed by atoms with Gasteiger partial charge in [-0.2, -0.15) is 0 Å². The molecule has 0 unspecified atom stereocenters.